The van der Waals surface area contributed by atoms with E-state index in [0.29, 0.717) is 26.2 Å². The number of carbonyl (C=O) groups excluding carboxylic acids is 1. The number of benzene rings is 1. The molecule has 1 aromatic carbocycles. The Morgan fingerprint density at radius 1 is 1.22 bits per heavy atom. The predicted octanol–water partition coefficient (Wildman–Crippen LogP) is 1.41. The molecule has 27 heavy (non-hydrogen) atoms. The Morgan fingerprint density at radius 2 is 1.96 bits per heavy atom. The molecule has 3 aromatic rings. The molecular weight excluding hydrogens is 348 g/mol. The number of carbonyl (C=O) groups is 1. The minimum absolute atomic E-state index is 0.128. The van der Waals surface area contributed by atoms with E-state index in [2.05, 4.69) is 25.8 Å². The molecule has 0 saturated carbocycles. The highest BCUT2D eigenvalue weighted by atomic mass is 16.5. The maximum atomic E-state index is 12.3. The van der Waals surface area contributed by atoms with E-state index < -0.39 is 0 Å². The zero-order valence-corrected chi connectivity index (χ0v) is 14.9. The molecular formula is C17H20N8O2. The van der Waals surface area contributed by atoms with E-state index >= 15 is 0 Å². The first-order chi connectivity index (χ1) is 13.2. The van der Waals surface area contributed by atoms with Crippen LogP contribution >= 0.6 is 0 Å². The molecule has 1 N–H and O–H groups in total. The third-order valence-corrected chi connectivity index (χ3v) is 4.27. The van der Waals surface area contributed by atoms with Gasteiger partial charge in [-0.15, -0.1) is 5.10 Å². The third kappa shape index (κ3) is 3.89. The summed E-state index contributed by atoms with van der Waals surface area (Å²) in [6.07, 6.45) is 5.12. The van der Waals surface area contributed by atoms with E-state index in [9.17, 15) is 4.79 Å². The molecule has 0 bridgehead atoms. The molecule has 1 fully saturated rings. The molecule has 0 unspecified atom stereocenters. The normalized spacial score (nSPS) is 14.0. The maximum absolute atomic E-state index is 12.3. The molecule has 10 nitrogen and oxygen atoms in total. The van der Waals surface area contributed by atoms with Crippen molar-refractivity contribution < 1.29 is 9.53 Å². The Morgan fingerprint density at radius 3 is 2.67 bits per heavy atom. The van der Waals surface area contributed by atoms with Crippen molar-refractivity contribution in [2.75, 3.05) is 25.0 Å². The van der Waals surface area contributed by atoms with E-state index in [-0.39, 0.29) is 12.1 Å². The molecule has 10 heteroatoms. The van der Waals surface area contributed by atoms with Gasteiger partial charge in [0.1, 0.15) is 18.0 Å². The van der Waals surface area contributed by atoms with Crippen molar-refractivity contribution >= 4 is 11.7 Å². The van der Waals surface area contributed by atoms with Crippen molar-refractivity contribution in [3.8, 4) is 5.75 Å². The number of likely N-dealkylation sites (tertiary alicyclic amines) is 1. The SMILES string of the molecule is CCOc1ccc(NC(=O)N2CC(n3cc(Cn4nccn4)nn3)C2)cc1. The van der Waals surface area contributed by atoms with Gasteiger partial charge in [-0.3, -0.25) is 0 Å². The fourth-order valence-corrected chi connectivity index (χ4v) is 2.83. The van der Waals surface area contributed by atoms with Gasteiger partial charge in [0.15, 0.2) is 0 Å². The monoisotopic (exact) mass is 368 g/mol. The average molecular weight is 368 g/mol. The Bertz CT molecular complexity index is 884. The van der Waals surface area contributed by atoms with Crippen molar-refractivity contribution in [1.29, 1.82) is 0 Å². The average Bonchev–Trinajstić information content (AvgIpc) is 3.28. The van der Waals surface area contributed by atoms with Crippen molar-refractivity contribution in [2.24, 2.45) is 0 Å². The summed E-state index contributed by atoms with van der Waals surface area (Å²) in [4.78, 5) is 15.6. The second-order valence-electron chi connectivity index (χ2n) is 6.20. The minimum atomic E-state index is -0.128. The van der Waals surface area contributed by atoms with Crippen LogP contribution in [0.3, 0.4) is 0 Å². The van der Waals surface area contributed by atoms with Crippen molar-refractivity contribution in [2.45, 2.75) is 19.5 Å². The number of anilines is 1. The lowest BCUT2D eigenvalue weighted by Gasteiger charge is -2.38. The number of rotatable bonds is 6. The molecule has 1 aliphatic rings. The number of nitrogens with zero attached hydrogens (tertiary/aromatic N) is 7. The fourth-order valence-electron chi connectivity index (χ4n) is 2.83. The largest absolute Gasteiger partial charge is 0.494 e. The number of aromatic nitrogens is 6. The summed E-state index contributed by atoms with van der Waals surface area (Å²) in [5.74, 6) is 0.784. The van der Waals surface area contributed by atoms with E-state index in [4.69, 9.17) is 4.74 Å². The summed E-state index contributed by atoms with van der Waals surface area (Å²) in [7, 11) is 0. The zero-order valence-electron chi connectivity index (χ0n) is 14.9. The first-order valence-corrected chi connectivity index (χ1v) is 8.75. The van der Waals surface area contributed by atoms with Crippen LogP contribution in [-0.2, 0) is 6.54 Å². The molecule has 140 valence electrons. The second kappa shape index (κ2) is 7.44. The Hall–Kier alpha value is -3.43. The number of amides is 2. The summed E-state index contributed by atoms with van der Waals surface area (Å²) < 4.78 is 7.19. The lowest BCUT2D eigenvalue weighted by Crippen LogP contribution is -2.52. The standard InChI is InChI=1S/C17H20N8O2/c1-2-27-16-5-3-13(4-6-16)20-17(26)23-11-15(12-23)24-9-14(21-22-24)10-25-18-7-8-19-25/h3-9,15H,2,10-12H2,1H3,(H,20,26). The van der Waals surface area contributed by atoms with Gasteiger partial charge in [0.2, 0.25) is 0 Å². The third-order valence-electron chi connectivity index (χ3n) is 4.27. The van der Waals surface area contributed by atoms with Gasteiger partial charge in [-0.1, -0.05) is 5.21 Å². The molecule has 1 aliphatic heterocycles. The topological polar surface area (TPSA) is 103 Å². The number of urea groups is 1. The van der Waals surface area contributed by atoms with Gasteiger partial charge in [-0.05, 0) is 31.2 Å². The number of nitrogens with one attached hydrogen (secondary N) is 1. The fraction of sp³-hybridized carbons (Fsp3) is 0.353. The summed E-state index contributed by atoms with van der Waals surface area (Å²) in [6.45, 7) is 4.20. The second-order valence-corrected chi connectivity index (χ2v) is 6.20. The van der Waals surface area contributed by atoms with Crippen LogP contribution in [0.4, 0.5) is 10.5 Å². The number of hydrogen-bond donors (Lipinski definition) is 1. The quantitative estimate of drug-likeness (QED) is 0.706. The molecule has 3 heterocycles. The summed E-state index contributed by atoms with van der Waals surface area (Å²) in [6, 6.07) is 7.33. The lowest BCUT2D eigenvalue weighted by atomic mass is 10.1. The van der Waals surface area contributed by atoms with E-state index in [1.807, 2.05) is 37.4 Å². The van der Waals surface area contributed by atoms with Gasteiger partial charge < -0.3 is 15.0 Å². The van der Waals surface area contributed by atoms with Crippen LogP contribution in [0.5, 0.6) is 5.75 Å². The lowest BCUT2D eigenvalue weighted by molar-refractivity contribution is 0.127. The minimum Gasteiger partial charge on any atom is -0.494 e. The molecule has 0 radical (unpaired) electrons. The zero-order chi connectivity index (χ0) is 18.6. The molecule has 2 aromatic heterocycles. The van der Waals surface area contributed by atoms with Gasteiger partial charge in [-0.2, -0.15) is 15.0 Å². The van der Waals surface area contributed by atoms with Gasteiger partial charge in [0.25, 0.3) is 0 Å². The smallest absolute Gasteiger partial charge is 0.321 e. The van der Waals surface area contributed by atoms with Gasteiger partial charge >= 0.3 is 6.03 Å². The first-order valence-electron chi connectivity index (χ1n) is 8.75. The summed E-state index contributed by atoms with van der Waals surface area (Å²) in [5, 5.41) is 19.3. The van der Waals surface area contributed by atoms with E-state index in [0.717, 1.165) is 17.1 Å². The Labute approximate surface area is 155 Å². The number of hydrogen-bond acceptors (Lipinski definition) is 6. The molecule has 0 atom stereocenters. The van der Waals surface area contributed by atoms with Crippen molar-refractivity contribution in [1.82, 2.24) is 34.9 Å². The Kier molecular flexibility index (Phi) is 4.69. The summed E-state index contributed by atoms with van der Waals surface area (Å²) >= 11 is 0. The van der Waals surface area contributed by atoms with Crippen LogP contribution in [0.15, 0.2) is 42.9 Å². The van der Waals surface area contributed by atoms with Gasteiger partial charge in [-0.25, -0.2) is 9.48 Å². The van der Waals surface area contributed by atoms with Crippen molar-refractivity contribution in [3.63, 3.8) is 0 Å². The summed E-state index contributed by atoms with van der Waals surface area (Å²) in [5.41, 5.74) is 1.52. The van der Waals surface area contributed by atoms with Crippen LogP contribution in [0.2, 0.25) is 0 Å². The van der Waals surface area contributed by atoms with Gasteiger partial charge in [0.05, 0.1) is 31.2 Å². The van der Waals surface area contributed by atoms with Crippen LogP contribution in [0, 0.1) is 0 Å². The van der Waals surface area contributed by atoms with E-state index in [1.54, 1.807) is 26.8 Å². The number of ether oxygens (including phenoxy) is 1. The van der Waals surface area contributed by atoms with Crippen molar-refractivity contribution in [3.05, 3.63) is 48.5 Å². The molecule has 4 rings (SSSR count). The van der Waals surface area contributed by atoms with Crippen LogP contribution < -0.4 is 10.1 Å². The van der Waals surface area contributed by atoms with E-state index in [1.165, 1.54) is 0 Å². The predicted molar refractivity (Wildman–Crippen MR) is 96.4 cm³/mol. The molecule has 2 amide bonds. The molecule has 0 spiro atoms. The first kappa shape index (κ1) is 17.0. The Balaban J connectivity index is 1.27. The maximum Gasteiger partial charge on any atom is 0.321 e. The highest BCUT2D eigenvalue weighted by Gasteiger charge is 2.32. The highest BCUT2D eigenvalue weighted by molar-refractivity contribution is 5.89. The highest BCUT2D eigenvalue weighted by Crippen LogP contribution is 2.22. The van der Waals surface area contributed by atoms with Crippen LogP contribution in [0.1, 0.15) is 18.7 Å². The van der Waals surface area contributed by atoms with Gasteiger partial charge in [0, 0.05) is 18.8 Å². The van der Waals surface area contributed by atoms with Crippen LogP contribution in [0.25, 0.3) is 0 Å². The molecule has 1 saturated heterocycles. The molecule has 0 aliphatic carbocycles. The van der Waals surface area contributed by atoms with Crippen LogP contribution in [-0.4, -0.2) is 60.6 Å².